The topological polar surface area (TPSA) is 105 Å². The minimum Gasteiger partial charge on any atom is -0.467 e. The molecular formula is C18H20N2O5S. The zero-order chi connectivity index (χ0) is 18.6. The summed E-state index contributed by atoms with van der Waals surface area (Å²) in [7, 11) is -3.09. The van der Waals surface area contributed by atoms with Crippen molar-refractivity contribution in [1.82, 2.24) is 10.6 Å². The lowest BCUT2D eigenvalue weighted by Gasteiger charge is -2.10. The predicted molar refractivity (Wildman–Crippen MR) is 94.9 cm³/mol. The van der Waals surface area contributed by atoms with Crippen molar-refractivity contribution in [3.8, 4) is 0 Å². The molecule has 0 radical (unpaired) electrons. The summed E-state index contributed by atoms with van der Waals surface area (Å²) in [5.74, 6) is -0.354. The van der Waals surface area contributed by atoms with Gasteiger partial charge in [-0.3, -0.25) is 9.59 Å². The van der Waals surface area contributed by atoms with E-state index in [-0.39, 0.29) is 29.9 Å². The molecule has 1 aliphatic heterocycles. The molecule has 7 nitrogen and oxygen atoms in total. The van der Waals surface area contributed by atoms with Gasteiger partial charge in [-0.05, 0) is 36.2 Å². The van der Waals surface area contributed by atoms with E-state index >= 15 is 0 Å². The third kappa shape index (κ3) is 4.72. The molecule has 0 saturated carbocycles. The molecule has 1 fully saturated rings. The van der Waals surface area contributed by atoms with Gasteiger partial charge in [-0.2, -0.15) is 0 Å². The molecular weight excluding hydrogens is 356 g/mol. The molecule has 1 unspecified atom stereocenters. The SMILES string of the molecule is O=C(NCc1ccco1)c1cccc(CNC(=O)C2CCS(=O)(=O)C2)c1. The van der Waals surface area contributed by atoms with Crippen LogP contribution in [0.1, 0.15) is 28.1 Å². The Morgan fingerprint density at radius 3 is 2.65 bits per heavy atom. The number of furan rings is 1. The van der Waals surface area contributed by atoms with E-state index in [1.807, 2.05) is 0 Å². The van der Waals surface area contributed by atoms with Gasteiger partial charge in [-0.25, -0.2) is 8.42 Å². The van der Waals surface area contributed by atoms with Gasteiger partial charge in [0.15, 0.2) is 9.84 Å². The Morgan fingerprint density at radius 2 is 1.96 bits per heavy atom. The van der Waals surface area contributed by atoms with Crippen molar-refractivity contribution in [3.05, 3.63) is 59.5 Å². The quantitative estimate of drug-likeness (QED) is 0.790. The van der Waals surface area contributed by atoms with E-state index in [4.69, 9.17) is 4.42 Å². The van der Waals surface area contributed by atoms with Crippen molar-refractivity contribution in [3.63, 3.8) is 0 Å². The highest BCUT2D eigenvalue weighted by atomic mass is 32.2. The lowest BCUT2D eigenvalue weighted by Crippen LogP contribution is -2.31. The van der Waals surface area contributed by atoms with E-state index in [0.29, 0.717) is 24.3 Å². The number of hydrogen-bond donors (Lipinski definition) is 2. The monoisotopic (exact) mass is 376 g/mol. The van der Waals surface area contributed by atoms with Crippen LogP contribution in [0.15, 0.2) is 47.1 Å². The molecule has 1 aliphatic rings. The highest BCUT2D eigenvalue weighted by Gasteiger charge is 2.32. The summed E-state index contributed by atoms with van der Waals surface area (Å²) in [5, 5.41) is 5.51. The van der Waals surface area contributed by atoms with Gasteiger partial charge in [0.2, 0.25) is 5.91 Å². The first-order chi connectivity index (χ1) is 12.4. The van der Waals surface area contributed by atoms with Crippen LogP contribution in [-0.2, 0) is 27.7 Å². The van der Waals surface area contributed by atoms with Crippen LogP contribution in [0.3, 0.4) is 0 Å². The van der Waals surface area contributed by atoms with E-state index in [0.717, 1.165) is 5.56 Å². The Bertz CT molecular complexity index is 890. The van der Waals surface area contributed by atoms with Crippen LogP contribution in [0, 0.1) is 5.92 Å². The van der Waals surface area contributed by atoms with Gasteiger partial charge in [0, 0.05) is 12.1 Å². The van der Waals surface area contributed by atoms with E-state index in [1.165, 1.54) is 0 Å². The number of carbonyl (C=O) groups is 2. The molecule has 1 atom stereocenters. The molecule has 138 valence electrons. The summed E-state index contributed by atoms with van der Waals surface area (Å²) >= 11 is 0. The summed E-state index contributed by atoms with van der Waals surface area (Å²) in [6.45, 7) is 0.539. The molecule has 0 spiro atoms. The summed E-state index contributed by atoms with van der Waals surface area (Å²) in [6, 6.07) is 10.4. The largest absolute Gasteiger partial charge is 0.467 e. The molecule has 2 amide bonds. The molecule has 2 N–H and O–H groups in total. The minimum absolute atomic E-state index is 0.0659. The molecule has 1 saturated heterocycles. The minimum atomic E-state index is -3.09. The molecule has 3 rings (SSSR count). The van der Waals surface area contributed by atoms with Gasteiger partial charge >= 0.3 is 0 Å². The number of hydrogen-bond acceptors (Lipinski definition) is 5. The Balaban J connectivity index is 1.53. The van der Waals surface area contributed by atoms with Crippen LogP contribution in [0.4, 0.5) is 0 Å². The highest BCUT2D eigenvalue weighted by molar-refractivity contribution is 7.91. The first-order valence-corrected chi connectivity index (χ1v) is 10.1. The number of benzene rings is 1. The lowest BCUT2D eigenvalue weighted by atomic mass is 10.1. The Hall–Kier alpha value is -2.61. The number of nitrogens with one attached hydrogen (secondary N) is 2. The molecule has 8 heteroatoms. The number of amides is 2. The fourth-order valence-electron chi connectivity index (χ4n) is 2.84. The average molecular weight is 376 g/mol. The summed E-state index contributed by atoms with van der Waals surface area (Å²) in [4.78, 5) is 24.3. The Kier molecular flexibility index (Phi) is 5.41. The molecule has 1 aromatic carbocycles. The fourth-order valence-corrected chi connectivity index (χ4v) is 4.58. The molecule has 26 heavy (non-hydrogen) atoms. The van der Waals surface area contributed by atoms with Crippen LogP contribution in [-0.4, -0.2) is 31.7 Å². The Labute approximate surface area is 151 Å². The third-order valence-corrected chi connectivity index (χ3v) is 6.03. The second kappa shape index (κ2) is 7.74. The van der Waals surface area contributed by atoms with Crippen LogP contribution in [0.5, 0.6) is 0 Å². The summed E-state index contributed by atoms with van der Waals surface area (Å²) < 4.78 is 28.1. The maximum atomic E-state index is 12.2. The standard InChI is InChI=1S/C18H20N2O5S/c21-17(20-11-16-5-2-7-25-16)14-4-1-3-13(9-14)10-19-18(22)15-6-8-26(23,24)12-15/h1-5,7,9,15H,6,8,10-12H2,(H,19,22)(H,20,21). The van der Waals surface area contributed by atoms with Crippen molar-refractivity contribution >= 4 is 21.7 Å². The van der Waals surface area contributed by atoms with Crippen LogP contribution >= 0.6 is 0 Å². The normalized spacial score (nSPS) is 18.4. The predicted octanol–water partition coefficient (Wildman–Crippen LogP) is 1.26. The average Bonchev–Trinajstić information content (AvgIpc) is 3.27. The summed E-state index contributed by atoms with van der Waals surface area (Å²) in [5.41, 5.74) is 1.25. The van der Waals surface area contributed by atoms with Crippen molar-refractivity contribution in [2.45, 2.75) is 19.5 Å². The van der Waals surface area contributed by atoms with E-state index in [1.54, 1.807) is 42.7 Å². The van der Waals surface area contributed by atoms with E-state index in [9.17, 15) is 18.0 Å². The second-order valence-electron chi connectivity index (χ2n) is 6.28. The van der Waals surface area contributed by atoms with Crippen LogP contribution in [0.2, 0.25) is 0 Å². The second-order valence-corrected chi connectivity index (χ2v) is 8.51. The number of carbonyl (C=O) groups excluding carboxylic acids is 2. The van der Waals surface area contributed by atoms with Crippen molar-refractivity contribution in [2.24, 2.45) is 5.92 Å². The van der Waals surface area contributed by atoms with Gasteiger partial charge in [0.05, 0.1) is 30.2 Å². The molecule has 2 aromatic rings. The van der Waals surface area contributed by atoms with Crippen molar-refractivity contribution < 1.29 is 22.4 Å². The van der Waals surface area contributed by atoms with Crippen LogP contribution in [0.25, 0.3) is 0 Å². The maximum absolute atomic E-state index is 12.2. The van der Waals surface area contributed by atoms with Crippen molar-refractivity contribution in [1.29, 1.82) is 0 Å². The lowest BCUT2D eigenvalue weighted by molar-refractivity contribution is -0.124. The third-order valence-electron chi connectivity index (χ3n) is 4.26. The van der Waals surface area contributed by atoms with Gasteiger partial charge in [-0.1, -0.05) is 12.1 Å². The van der Waals surface area contributed by atoms with Gasteiger partial charge in [0.25, 0.3) is 5.91 Å². The fraction of sp³-hybridized carbons (Fsp3) is 0.333. The highest BCUT2D eigenvalue weighted by Crippen LogP contribution is 2.18. The van der Waals surface area contributed by atoms with E-state index < -0.39 is 15.8 Å². The Morgan fingerprint density at radius 1 is 1.12 bits per heavy atom. The van der Waals surface area contributed by atoms with Gasteiger partial charge < -0.3 is 15.1 Å². The maximum Gasteiger partial charge on any atom is 0.251 e. The first-order valence-electron chi connectivity index (χ1n) is 8.30. The van der Waals surface area contributed by atoms with Gasteiger partial charge in [-0.15, -0.1) is 0 Å². The molecule has 1 aromatic heterocycles. The number of sulfone groups is 1. The molecule has 2 heterocycles. The first kappa shape index (κ1) is 18.2. The number of rotatable bonds is 6. The molecule has 0 bridgehead atoms. The van der Waals surface area contributed by atoms with Crippen LogP contribution < -0.4 is 10.6 Å². The van der Waals surface area contributed by atoms with Gasteiger partial charge in [0.1, 0.15) is 5.76 Å². The van der Waals surface area contributed by atoms with E-state index in [2.05, 4.69) is 10.6 Å². The zero-order valence-electron chi connectivity index (χ0n) is 14.1. The summed E-state index contributed by atoms with van der Waals surface area (Å²) in [6.07, 6.45) is 1.91. The zero-order valence-corrected chi connectivity index (χ0v) is 14.9. The smallest absolute Gasteiger partial charge is 0.251 e. The molecule has 0 aliphatic carbocycles. The van der Waals surface area contributed by atoms with Crippen molar-refractivity contribution in [2.75, 3.05) is 11.5 Å².